The summed E-state index contributed by atoms with van der Waals surface area (Å²) in [7, 11) is 3.53. The topological polar surface area (TPSA) is 0 Å². The molecule has 3 radical (unpaired) electrons. The Morgan fingerprint density at radius 1 is 1.20 bits per heavy atom. The number of hydrogen-bond acceptors (Lipinski definition) is 0. The highest BCUT2D eigenvalue weighted by Crippen LogP contribution is 2.21. The highest BCUT2D eigenvalue weighted by molar-refractivity contribution is 6.24. The minimum absolute atomic E-state index is 1.06. The van der Waals surface area contributed by atoms with E-state index in [-0.39, 0.29) is 0 Å². The summed E-state index contributed by atoms with van der Waals surface area (Å²) < 4.78 is 0. The number of allylic oxidation sites excluding steroid dienone is 1. The molecular weight excluding hydrogens is 136 g/mol. The first kappa shape index (κ1) is 5.92. The summed E-state index contributed by atoms with van der Waals surface area (Å²) in [6.07, 6.45) is 3.24. The van der Waals surface area contributed by atoms with Crippen LogP contribution in [0.1, 0.15) is 11.1 Å². The lowest BCUT2D eigenvalue weighted by Gasteiger charge is -1.93. The number of hydrogen-bond donors (Lipinski definition) is 0. The average Bonchev–Trinajstić information content (AvgIpc) is 2.27. The molecule has 10 heavy (non-hydrogen) atoms. The zero-order valence-electron chi connectivity index (χ0n) is 5.59. The van der Waals surface area contributed by atoms with Gasteiger partial charge in [-0.25, -0.2) is 0 Å². The van der Waals surface area contributed by atoms with Crippen molar-refractivity contribution in [2.24, 2.45) is 0 Å². The van der Waals surface area contributed by atoms with Crippen molar-refractivity contribution < 1.29 is 0 Å². The molecule has 0 nitrogen and oxygen atoms in total. The van der Waals surface area contributed by atoms with Gasteiger partial charge in [0.15, 0.2) is 0 Å². The third-order valence-corrected chi connectivity index (χ3v) is 2.09. The van der Waals surface area contributed by atoms with E-state index in [4.69, 9.17) is 0 Å². The van der Waals surface area contributed by atoms with Gasteiger partial charge in [0.05, 0.1) is 10.2 Å². The normalized spacial score (nSPS) is 14.7. The summed E-state index contributed by atoms with van der Waals surface area (Å²) in [6.45, 7) is 0. The molecule has 0 spiro atoms. The molecule has 0 amide bonds. The summed E-state index contributed by atoms with van der Waals surface area (Å²) in [5, 5.41) is 1.28. The van der Waals surface area contributed by atoms with E-state index in [2.05, 4.69) is 40.6 Å². The summed E-state index contributed by atoms with van der Waals surface area (Å²) in [6, 6.07) is 8.46. The monoisotopic (exact) mass is 143 g/mol. The maximum absolute atomic E-state index is 3.53. The minimum Gasteiger partial charge on any atom is -0.0835 e. The van der Waals surface area contributed by atoms with E-state index in [1.807, 2.05) is 0 Å². The zero-order chi connectivity index (χ0) is 6.97. The van der Waals surface area contributed by atoms with Crippen LogP contribution in [0.5, 0.6) is 0 Å². The number of rotatable bonds is 0. The van der Waals surface area contributed by atoms with E-state index in [9.17, 15) is 0 Å². The fraction of sp³-hybridized carbons (Fsp3) is 0.111. The molecule has 0 unspecified atom stereocenters. The Bertz CT molecular complexity index is 287. The van der Waals surface area contributed by atoms with Crippen LogP contribution in [0.15, 0.2) is 29.5 Å². The molecule has 1 aromatic carbocycles. The predicted octanol–water partition coefficient (Wildman–Crippen LogP) is 1.75. The van der Waals surface area contributed by atoms with Crippen molar-refractivity contribution in [1.29, 1.82) is 0 Å². The van der Waals surface area contributed by atoms with Crippen molar-refractivity contribution in [3.63, 3.8) is 0 Å². The van der Waals surface area contributed by atoms with E-state index in [1.165, 1.54) is 16.3 Å². The minimum atomic E-state index is 1.06. The van der Waals surface area contributed by atoms with Gasteiger partial charge in [-0.15, -0.1) is 0 Å². The van der Waals surface area contributed by atoms with Crippen molar-refractivity contribution in [2.75, 3.05) is 0 Å². The van der Waals surface area contributed by atoms with Gasteiger partial charge in [-0.3, -0.25) is 0 Å². The van der Waals surface area contributed by atoms with Gasteiger partial charge in [0.1, 0.15) is 0 Å². The molecule has 0 aromatic heterocycles. The SMILES string of the molecule is [Si]C1=Cc2ccccc2C1. The van der Waals surface area contributed by atoms with E-state index >= 15 is 0 Å². The predicted molar refractivity (Wildman–Crippen MR) is 43.9 cm³/mol. The molecule has 0 aliphatic heterocycles. The van der Waals surface area contributed by atoms with Gasteiger partial charge >= 0.3 is 0 Å². The van der Waals surface area contributed by atoms with E-state index in [1.54, 1.807) is 0 Å². The van der Waals surface area contributed by atoms with E-state index in [0.717, 1.165) is 6.42 Å². The van der Waals surface area contributed by atoms with Crippen molar-refractivity contribution in [2.45, 2.75) is 6.42 Å². The Kier molecular flexibility index (Phi) is 1.24. The maximum Gasteiger partial charge on any atom is 0.0655 e. The van der Waals surface area contributed by atoms with E-state index in [0.29, 0.717) is 0 Å². The highest BCUT2D eigenvalue weighted by atomic mass is 28.1. The van der Waals surface area contributed by atoms with Crippen molar-refractivity contribution in [3.05, 3.63) is 40.6 Å². The largest absolute Gasteiger partial charge is 0.0835 e. The average molecular weight is 143 g/mol. The second-order valence-electron chi connectivity index (χ2n) is 2.55. The van der Waals surface area contributed by atoms with Gasteiger partial charge in [0.2, 0.25) is 0 Å². The van der Waals surface area contributed by atoms with Gasteiger partial charge in [-0.1, -0.05) is 35.5 Å². The molecule has 0 bridgehead atoms. The lowest BCUT2D eigenvalue weighted by molar-refractivity contribution is 1.29. The fourth-order valence-electron chi connectivity index (χ4n) is 1.28. The van der Waals surface area contributed by atoms with Gasteiger partial charge in [-0.05, 0) is 17.5 Å². The van der Waals surface area contributed by atoms with Crippen LogP contribution in [0.4, 0.5) is 0 Å². The summed E-state index contributed by atoms with van der Waals surface area (Å²) in [4.78, 5) is 0. The van der Waals surface area contributed by atoms with Crippen molar-refractivity contribution >= 4 is 16.3 Å². The first-order valence-corrected chi connectivity index (χ1v) is 3.86. The van der Waals surface area contributed by atoms with Crippen LogP contribution >= 0.6 is 0 Å². The third-order valence-electron chi connectivity index (χ3n) is 1.77. The van der Waals surface area contributed by atoms with Crippen LogP contribution < -0.4 is 0 Å². The summed E-state index contributed by atoms with van der Waals surface area (Å²) >= 11 is 0. The van der Waals surface area contributed by atoms with Gasteiger partial charge < -0.3 is 0 Å². The molecule has 0 atom stereocenters. The Morgan fingerprint density at radius 3 is 2.80 bits per heavy atom. The molecule has 0 saturated carbocycles. The molecule has 1 aliphatic carbocycles. The third kappa shape index (κ3) is 0.829. The second kappa shape index (κ2) is 2.10. The van der Waals surface area contributed by atoms with Gasteiger partial charge in [0.25, 0.3) is 0 Å². The molecule has 0 N–H and O–H groups in total. The molecule has 1 aliphatic rings. The lowest BCUT2D eigenvalue weighted by atomic mass is 10.1. The fourth-order valence-corrected chi connectivity index (χ4v) is 1.63. The van der Waals surface area contributed by atoms with Crippen LogP contribution in [-0.4, -0.2) is 10.2 Å². The molecule has 1 heteroatoms. The number of fused-ring (bicyclic) bond motifs is 1. The van der Waals surface area contributed by atoms with Crippen LogP contribution in [-0.2, 0) is 6.42 Å². The van der Waals surface area contributed by atoms with Crippen LogP contribution in [0.25, 0.3) is 6.08 Å². The molecule has 47 valence electrons. The van der Waals surface area contributed by atoms with Crippen LogP contribution in [0, 0.1) is 0 Å². The second-order valence-corrected chi connectivity index (χ2v) is 3.19. The first-order valence-electron chi connectivity index (χ1n) is 3.36. The Hall–Kier alpha value is -0.823. The molecular formula is C9H7Si. The molecule has 0 heterocycles. The lowest BCUT2D eigenvalue weighted by Crippen LogP contribution is -1.81. The van der Waals surface area contributed by atoms with Crippen molar-refractivity contribution in [3.8, 4) is 0 Å². The molecule has 2 rings (SSSR count). The number of benzene rings is 1. The van der Waals surface area contributed by atoms with Crippen LogP contribution in [0.2, 0.25) is 0 Å². The zero-order valence-corrected chi connectivity index (χ0v) is 6.59. The first-order chi connectivity index (χ1) is 4.86. The maximum atomic E-state index is 3.53. The van der Waals surface area contributed by atoms with E-state index < -0.39 is 0 Å². The molecule has 0 fully saturated rings. The van der Waals surface area contributed by atoms with Gasteiger partial charge in [-0.2, -0.15) is 0 Å². The van der Waals surface area contributed by atoms with Gasteiger partial charge in [0, 0.05) is 0 Å². The molecule has 1 aromatic rings. The summed E-state index contributed by atoms with van der Waals surface area (Å²) in [5.74, 6) is 0. The van der Waals surface area contributed by atoms with Crippen molar-refractivity contribution in [1.82, 2.24) is 0 Å². The molecule has 0 saturated heterocycles. The van der Waals surface area contributed by atoms with Crippen LogP contribution in [0.3, 0.4) is 0 Å². The smallest absolute Gasteiger partial charge is 0.0655 e. The quantitative estimate of drug-likeness (QED) is 0.485. The Labute approximate surface area is 64.0 Å². The standard InChI is InChI=1S/C9H7Si/c10-9-5-7-3-1-2-4-8(7)6-9/h1-5H,6H2. The highest BCUT2D eigenvalue weighted by Gasteiger charge is 2.06. The Morgan fingerprint density at radius 2 is 2.00 bits per heavy atom. The summed E-state index contributed by atoms with van der Waals surface area (Å²) in [5.41, 5.74) is 2.78. The Balaban J connectivity index is 2.54.